The van der Waals surface area contributed by atoms with Crippen LogP contribution in [-0.4, -0.2) is 11.9 Å². The van der Waals surface area contributed by atoms with Crippen LogP contribution >= 0.6 is 0 Å². The SMILES string of the molecule is O=C1CCCCC[C@@H]1ONc1ccccc1. The fourth-order valence-electron chi connectivity index (χ4n) is 1.90. The van der Waals surface area contributed by atoms with Crippen LogP contribution in [0.15, 0.2) is 30.3 Å². The summed E-state index contributed by atoms with van der Waals surface area (Å²) in [5.74, 6) is 0.223. The number of para-hydroxylation sites is 1. The van der Waals surface area contributed by atoms with Crippen LogP contribution in [0.2, 0.25) is 0 Å². The molecule has 3 nitrogen and oxygen atoms in total. The first-order valence-electron chi connectivity index (χ1n) is 5.86. The minimum Gasteiger partial charge on any atom is -0.297 e. The molecule has 1 N–H and O–H groups in total. The average Bonchev–Trinajstić information content (AvgIpc) is 2.53. The zero-order valence-corrected chi connectivity index (χ0v) is 9.32. The molecule has 0 heterocycles. The number of carbonyl (C=O) groups is 1. The molecule has 0 spiro atoms. The van der Waals surface area contributed by atoms with E-state index >= 15 is 0 Å². The number of benzene rings is 1. The maximum atomic E-state index is 11.7. The number of nitrogens with one attached hydrogen (secondary N) is 1. The molecule has 0 aliphatic heterocycles. The van der Waals surface area contributed by atoms with Crippen LogP contribution in [0.1, 0.15) is 32.1 Å². The summed E-state index contributed by atoms with van der Waals surface area (Å²) in [6, 6.07) is 9.64. The minimum atomic E-state index is -0.275. The second-order valence-corrected chi connectivity index (χ2v) is 4.14. The van der Waals surface area contributed by atoms with Crippen molar-refractivity contribution in [1.82, 2.24) is 0 Å². The van der Waals surface area contributed by atoms with E-state index in [4.69, 9.17) is 4.84 Å². The van der Waals surface area contributed by atoms with Crippen molar-refractivity contribution in [1.29, 1.82) is 0 Å². The number of anilines is 1. The minimum absolute atomic E-state index is 0.223. The average molecular weight is 219 g/mol. The molecule has 1 fully saturated rings. The summed E-state index contributed by atoms with van der Waals surface area (Å²) in [4.78, 5) is 17.1. The van der Waals surface area contributed by atoms with Crippen molar-refractivity contribution in [3.8, 4) is 0 Å². The Morgan fingerprint density at radius 1 is 1.12 bits per heavy atom. The predicted molar refractivity (Wildman–Crippen MR) is 63.0 cm³/mol. The maximum absolute atomic E-state index is 11.7. The molecule has 0 unspecified atom stereocenters. The highest BCUT2D eigenvalue weighted by Gasteiger charge is 2.21. The van der Waals surface area contributed by atoms with Gasteiger partial charge in [0.05, 0.1) is 5.69 Å². The van der Waals surface area contributed by atoms with Gasteiger partial charge < -0.3 is 0 Å². The number of ketones is 1. The van der Waals surface area contributed by atoms with Crippen LogP contribution in [0.5, 0.6) is 0 Å². The summed E-state index contributed by atoms with van der Waals surface area (Å²) in [5, 5.41) is 0. The topological polar surface area (TPSA) is 38.3 Å². The lowest BCUT2D eigenvalue weighted by Crippen LogP contribution is -2.25. The van der Waals surface area contributed by atoms with Crippen LogP contribution in [-0.2, 0) is 9.63 Å². The largest absolute Gasteiger partial charge is 0.297 e. The maximum Gasteiger partial charge on any atom is 0.164 e. The highest BCUT2D eigenvalue weighted by molar-refractivity contribution is 5.83. The van der Waals surface area contributed by atoms with E-state index in [0.717, 1.165) is 31.4 Å². The molecule has 0 bridgehead atoms. The Labute approximate surface area is 95.8 Å². The number of Topliss-reactive ketones (excluding diaryl/α,β-unsaturated/α-hetero) is 1. The molecule has 1 atom stereocenters. The lowest BCUT2D eigenvalue weighted by molar-refractivity contribution is -0.128. The standard InChI is InChI=1S/C13H17NO2/c15-12-9-5-2-6-10-13(12)16-14-11-7-3-1-4-8-11/h1,3-4,7-8,13-14H,2,5-6,9-10H2/t13-/m0/s1. The third-order valence-electron chi connectivity index (χ3n) is 2.84. The van der Waals surface area contributed by atoms with Crippen molar-refractivity contribution in [2.45, 2.75) is 38.2 Å². The van der Waals surface area contributed by atoms with Gasteiger partial charge >= 0.3 is 0 Å². The monoisotopic (exact) mass is 219 g/mol. The highest BCUT2D eigenvalue weighted by Crippen LogP contribution is 2.18. The molecule has 0 saturated heterocycles. The van der Waals surface area contributed by atoms with Crippen LogP contribution in [0.25, 0.3) is 0 Å². The Morgan fingerprint density at radius 3 is 2.75 bits per heavy atom. The Morgan fingerprint density at radius 2 is 1.94 bits per heavy atom. The molecule has 86 valence electrons. The predicted octanol–water partition coefficient (Wildman–Crippen LogP) is 2.93. The van der Waals surface area contributed by atoms with E-state index in [1.807, 2.05) is 30.3 Å². The van der Waals surface area contributed by atoms with Gasteiger partial charge in [-0.3, -0.25) is 15.1 Å². The molecule has 2 rings (SSSR count). The van der Waals surface area contributed by atoms with E-state index in [1.165, 1.54) is 0 Å². The molecule has 3 heteroatoms. The second kappa shape index (κ2) is 5.66. The molecule has 1 aromatic rings. The van der Waals surface area contributed by atoms with E-state index in [-0.39, 0.29) is 11.9 Å². The fraction of sp³-hybridized carbons (Fsp3) is 0.462. The molecule has 0 amide bonds. The van der Waals surface area contributed by atoms with Crippen molar-refractivity contribution in [3.63, 3.8) is 0 Å². The zero-order chi connectivity index (χ0) is 11.2. The molecule has 16 heavy (non-hydrogen) atoms. The lowest BCUT2D eigenvalue weighted by atomic mass is 10.1. The third-order valence-corrected chi connectivity index (χ3v) is 2.84. The van der Waals surface area contributed by atoms with Gasteiger partial charge in [-0.2, -0.15) is 0 Å². The van der Waals surface area contributed by atoms with Gasteiger partial charge in [0.15, 0.2) is 5.78 Å². The van der Waals surface area contributed by atoms with Gasteiger partial charge in [0.1, 0.15) is 6.10 Å². The normalized spacial score (nSPS) is 21.5. The van der Waals surface area contributed by atoms with Crippen molar-refractivity contribution in [3.05, 3.63) is 30.3 Å². The summed E-state index contributed by atoms with van der Waals surface area (Å²) >= 11 is 0. The molecule has 1 aliphatic carbocycles. The van der Waals surface area contributed by atoms with Crippen molar-refractivity contribution in [2.24, 2.45) is 0 Å². The molecular weight excluding hydrogens is 202 g/mol. The molecular formula is C13H17NO2. The van der Waals surface area contributed by atoms with E-state index in [0.29, 0.717) is 6.42 Å². The summed E-state index contributed by atoms with van der Waals surface area (Å²) in [6.45, 7) is 0. The summed E-state index contributed by atoms with van der Waals surface area (Å²) < 4.78 is 0. The second-order valence-electron chi connectivity index (χ2n) is 4.14. The fourth-order valence-corrected chi connectivity index (χ4v) is 1.90. The van der Waals surface area contributed by atoms with Crippen LogP contribution in [0, 0.1) is 0 Å². The first-order chi connectivity index (χ1) is 7.86. The Hall–Kier alpha value is -1.35. The zero-order valence-electron chi connectivity index (χ0n) is 9.32. The quantitative estimate of drug-likeness (QED) is 0.627. The summed E-state index contributed by atoms with van der Waals surface area (Å²) in [5.41, 5.74) is 3.74. The Bertz CT molecular complexity index is 337. The Balaban J connectivity index is 1.86. The van der Waals surface area contributed by atoms with Gasteiger partial charge in [-0.25, -0.2) is 0 Å². The first kappa shape index (κ1) is 11.1. The molecule has 1 aliphatic rings. The first-order valence-corrected chi connectivity index (χ1v) is 5.86. The number of rotatable bonds is 3. The van der Waals surface area contributed by atoms with E-state index in [9.17, 15) is 4.79 Å². The van der Waals surface area contributed by atoms with E-state index in [2.05, 4.69) is 5.48 Å². The van der Waals surface area contributed by atoms with Gasteiger partial charge in [-0.15, -0.1) is 0 Å². The van der Waals surface area contributed by atoms with Gasteiger partial charge in [0.25, 0.3) is 0 Å². The van der Waals surface area contributed by atoms with Crippen LogP contribution in [0.4, 0.5) is 5.69 Å². The number of hydrogen-bond donors (Lipinski definition) is 1. The van der Waals surface area contributed by atoms with Gasteiger partial charge in [0.2, 0.25) is 0 Å². The molecule has 1 saturated carbocycles. The van der Waals surface area contributed by atoms with Crippen LogP contribution < -0.4 is 5.48 Å². The smallest absolute Gasteiger partial charge is 0.164 e. The number of carbonyl (C=O) groups excluding carboxylic acids is 1. The van der Waals surface area contributed by atoms with Crippen molar-refractivity contribution < 1.29 is 9.63 Å². The Kier molecular flexibility index (Phi) is 3.94. The van der Waals surface area contributed by atoms with Gasteiger partial charge in [0, 0.05) is 6.42 Å². The lowest BCUT2D eigenvalue weighted by Gasteiger charge is -2.14. The van der Waals surface area contributed by atoms with Crippen molar-refractivity contribution in [2.75, 3.05) is 5.48 Å². The number of hydrogen-bond acceptors (Lipinski definition) is 3. The molecule has 0 aromatic heterocycles. The molecule has 1 aromatic carbocycles. The highest BCUT2D eigenvalue weighted by atomic mass is 16.7. The van der Waals surface area contributed by atoms with Gasteiger partial charge in [-0.05, 0) is 25.0 Å². The van der Waals surface area contributed by atoms with Crippen LogP contribution in [0.3, 0.4) is 0 Å². The van der Waals surface area contributed by atoms with E-state index < -0.39 is 0 Å². The summed E-state index contributed by atoms with van der Waals surface area (Å²) in [6.07, 6.45) is 4.43. The third kappa shape index (κ3) is 3.07. The van der Waals surface area contributed by atoms with Gasteiger partial charge in [-0.1, -0.05) is 31.0 Å². The van der Waals surface area contributed by atoms with E-state index in [1.54, 1.807) is 0 Å². The van der Waals surface area contributed by atoms with Crippen molar-refractivity contribution >= 4 is 11.5 Å². The molecule has 0 radical (unpaired) electrons. The summed E-state index contributed by atoms with van der Waals surface area (Å²) in [7, 11) is 0.